The molecule has 8 nitrogen and oxygen atoms in total. The topological polar surface area (TPSA) is 77.5 Å². The van der Waals surface area contributed by atoms with Crippen LogP contribution in [0.15, 0.2) is 18.2 Å². The highest BCUT2D eigenvalue weighted by atomic mass is 35.5. The maximum absolute atomic E-state index is 12.4. The van der Waals surface area contributed by atoms with Gasteiger partial charge in [0.2, 0.25) is 11.7 Å². The lowest BCUT2D eigenvalue weighted by Crippen LogP contribution is -2.42. The van der Waals surface area contributed by atoms with Gasteiger partial charge in [-0.1, -0.05) is 0 Å². The van der Waals surface area contributed by atoms with Crippen LogP contribution in [0.1, 0.15) is 18.4 Å². The quantitative estimate of drug-likeness (QED) is 0.442. The molecule has 1 unspecified atom stereocenters. The number of methoxy groups -OCH3 is 2. The molecule has 31 heavy (non-hydrogen) atoms. The van der Waals surface area contributed by atoms with Crippen LogP contribution in [0.25, 0.3) is 6.08 Å². The predicted octanol–water partition coefficient (Wildman–Crippen LogP) is 2.18. The monoisotopic (exact) mass is 452 g/mol. The SMILES string of the molecule is COc1cc(C=CC(=O)N2CCC(Cl)CC2=O)cc(OC)c1OCCN1CCOCC1. The van der Waals surface area contributed by atoms with Crippen molar-refractivity contribution in [1.29, 1.82) is 0 Å². The standard InChI is InChI=1S/C22H29ClN2O6/c1-28-18-13-16(3-4-20(26)25-6-5-17(23)15-21(25)27)14-19(29-2)22(18)31-12-9-24-7-10-30-11-8-24/h3-4,13-14,17H,5-12,15H2,1-2H3. The molecule has 1 atom stereocenters. The summed E-state index contributed by atoms with van der Waals surface area (Å²) in [5.41, 5.74) is 0.697. The fourth-order valence-corrected chi connectivity index (χ4v) is 3.76. The van der Waals surface area contributed by atoms with Gasteiger partial charge in [-0.3, -0.25) is 19.4 Å². The second-order valence-corrected chi connectivity index (χ2v) is 7.98. The van der Waals surface area contributed by atoms with Gasteiger partial charge in [-0.25, -0.2) is 0 Å². The molecule has 9 heteroatoms. The molecule has 0 saturated carbocycles. The van der Waals surface area contributed by atoms with Gasteiger partial charge >= 0.3 is 0 Å². The van der Waals surface area contributed by atoms with Crippen LogP contribution in [0.4, 0.5) is 0 Å². The van der Waals surface area contributed by atoms with Crippen molar-refractivity contribution in [3.05, 3.63) is 23.8 Å². The highest BCUT2D eigenvalue weighted by Crippen LogP contribution is 2.39. The van der Waals surface area contributed by atoms with Gasteiger partial charge in [0, 0.05) is 44.1 Å². The number of piperidine rings is 1. The minimum Gasteiger partial charge on any atom is -0.493 e. The summed E-state index contributed by atoms with van der Waals surface area (Å²) in [6, 6.07) is 3.53. The lowest BCUT2D eigenvalue weighted by molar-refractivity contribution is -0.143. The number of carbonyl (C=O) groups is 2. The van der Waals surface area contributed by atoms with Crippen molar-refractivity contribution in [3.8, 4) is 17.2 Å². The van der Waals surface area contributed by atoms with Gasteiger partial charge in [0.25, 0.3) is 5.91 Å². The van der Waals surface area contributed by atoms with Gasteiger partial charge in [0.15, 0.2) is 11.5 Å². The number of nitrogens with zero attached hydrogens (tertiary/aromatic N) is 2. The summed E-state index contributed by atoms with van der Waals surface area (Å²) in [5.74, 6) is 0.915. The lowest BCUT2D eigenvalue weighted by atomic mass is 10.1. The third-order valence-electron chi connectivity index (χ3n) is 5.29. The van der Waals surface area contributed by atoms with Crippen LogP contribution in [-0.4, -0.2) is 87.2 Å². The van der Waals surface area contributed by atoms with Crippen LogP contribution in [0.3, 0.4) is 0 Å². The Bertz CT molecular complexity index is 784. The van der Waals surface area contributed by atoms with Crippen molar-refractivity contribution in [2.45, 2.75) is 18.2 Å². The van der Waals surface area contributed by atoms with Crippen LogP contribution in [-0.2, 0) is 14.3 Å². The maximum Gasteiger partial charge on any atom is 0.253 e. The summed E-state index contributed by atoms with van der Waals surface area (Å²) in [7, 11) is 3.11. The van der Waals surface area contributed by atoms with Crippen molar-refractivity contribution < 1.29 is 28.5 Å². The van der Waals surface area contributed by atoms with Gasteiger partial charge in [-0.05, 0) is 30.2 Å². The number of morpholine rings is 1. The number of ether oxygens (including phenoxy) is 4. The number of hydrogen-bond donors (Lipinski definition) is 0. The summed E-state index contributed by atoms with van der Waals surface area (Å²) in [4.78, 5) is 28.0. The summed E-state index contributed by atoms with van der Waals surface area (Å²) in [6.45, 7) is 4.85. The van der Waals surface area contributed by atoms with E-state index in [4.69, 9.17) is 30.5 Å². The molecule has 2 aliphatic heterocycles. The van der Waals surface area contributed by atoms with Crippen molar-refractivity contribution in [1.82, 2.24) is 9.80 Å². The second-order valence-electron chi connectivity index (χ2n) is 7.36. The molecule has 2 heterocycles. The van der Waals surface area contributed by atoms with Crippen molar-refractivity contribution in [2.75, 3.05) is 60.2 Å². The van der Waals surface area contributed by atoms with E-state index in [9.17, 15) is 9.59 Å². The molecule has 0 N–H and O–H groups in total. The molecule has 0 aromatic heterocycles. The summed E-state index contributed by atoms with van der Waals surface area (Å²) >= 11 is 5.99. The third kappa shape index (κ3) is 6.35. The van der Waals surface area contributed by atoms with Crippen LogP contribution in [0.2, 0.25) is 0 Å². The van der Waals surface area contributed by atoms with E-state index in [-0.39, 0.29) is 23.6 Å². The molecule has 0 bridgehead atoms. The molecular weight excluding hydrogens is 424 g/mol. The Morgan fingerprint density at radius 3 is 2.48 bits per heavy atom. The summed E-state index contributed by atoms with van der Waals surface area (Å²) in [6.07, 6.45) is 3.79. The minimum atomic E-state index is -0.364. The Kier molecular flexibility index (Phi) is 8.57. The number of benzene rings is 1. The molecule has 1 aromatic rings. The average molecular weight is 453 g/mol. The number of alkyl halides is 1. The zero-order valence-electron chi connectivity index (χ0n) is 18.0. The zero-order chi connectivity index (χ0) is 22.2. The molecule has 3 rings (SSSR count). The van der Waals surface area contributed by atoms with Gasteiger partial charge < -0.3 is 18.9 Å². The molecule has 0 spiro atoms. The fraction of sp³-hybridized carbons (Fsp3) is 0.545. The number of carbonyl (C=O) groups excluding carboxylic acids is 2. The van der Waals surface area contributed by atoms with Gasteiger partial charge in [0.05, 0.1) is 27.4 Å². The normalized spacial score (nSPS) is 20.2. The predicted molar refractivity (Wildman–Crippen MR) is 117 cm³/mol. The molecule has 2 saturated heterocycles. The Balaban J connectivity index is 1.66. The van der Waals surface area contributed by atoms with Crippen LogP contribution in [0, 0.1) is 0 Å². The summed E-state index contributed by atoms with van der Waals surface area (Å²) < 4.78 is 22.3. The van der Waals surface area contributed by atoms with E-state index in [0.717, 1.165) is 32.8 Å². The van der Waals surface area contributed by atoms with E-state index in [1.807, 2.05) is 0 Å². The Hall–Kier alpha value is -2.29. The molecule has 2 fully saturated rings. The number of halogens is 1. The zero-order valence-corrected chi connectivity index (χ0v) is 18.7. The van der Waals surface area contributed by atoms with Crippen LogP contribution in [0.5, 0.6) is 17.2 Å². The Morgan fingerprint density at radius 2 is 1.87 bits per heavy atom. The number of amides is 2. The van der Waals surface area contributed by atoms with Crippen molar-refractivity contribution in [2.24, 2.45) is 0 Å². The van der Waals surface area contributed by atoms with Crippen molar-refractivity contribution in [3.63, 3.8) is 0 Å². The first-order valence-corrected chi connectivity index (χ1v) is 10.8. The Morgan fingerprint density at radius 1 is 1.19 bits per heavy atom. The molecule has 1 aromatic carbocycles. The van der Waals surface area contributed by atoms with E-state index >= 15 is 0 Å². The molecule has 2 aliphatic rings. The minimum absolute atomic E-state index is 0.180. The summed E-state index contributed by atoms with van der Waals surface area (Å²) in [5, 5.41) is -0.204. The van der Waals surface area contributed by atoms with E-state index in [1.165, 1.54) is 11.0 Å². The first-order valence-electron chi connectivity index (χ1n) is 10.4. The molecule has 0 aliphatic carbocycles. The van der Waals surface area contributed by atoms with E-state index < -0.39 is 0 Å². The maximum atomic E-state index is 12.4. The van der Waals surface area contributed by atoms with Gasteiger partial charge in [0.1, 0.15) is 6.61 Å². The number of hydrogen-bond acceptors (Lipinski definition) is 7. The van der Waals surface area contributed by atoms with E-state index in [0.29, 0.717) is 42.4 Å². The third-order valence-corrected chi connectivity index (χ3v) is 5.66. The molecule has 2 amide bonds. The average Bonchev–Trinajstić information content (AvgIpc) is 2.78. The van der Waals surface area contributed by atoms with E-state index in [2.05, 4.69) is 4.90 Å². The van der Waals surface area contributed by atoms with Crippen molar-refractivity contribution >= 4 is 29.5 Å². The Labute approximate surface area is 187 Å². The number of likely N-dealkylation sites (tertiary alicyclic amines) is 1. The number of imide groups is 1. The highest BCUT2D eigenvalue weighted by molar-refractivity contribution is 6.22. The molecule has 170 valence electrons. The van der Waals surface area contributed by atoms with Gasteiger partial charge in [-0.2, -0.15) is 0 Å². The molecule has 0 radical (unpaired) electrons. The lowest BCUT2D eigenvalue weighted by Gasteiger charge is -2.26. The first-order chi connectivity index (χ1) is 15.0. The van der Waals surface area contributed by atoms with Gasteiger partial charge in [-0.15, -0.1) is 11.6 Å². The second kappa shape index (κ2) is 11.4. The number of rotatable bonds is 8. The molecular formula is C22H29ClN2O6. The first kappa shape index (κ1) is 23.4. The highest BCUT2D eigenvalue weighted by Gasteiger charge is 2.27. The smallest absolute Gasteiger partial charge is 0.253 e. The van der Waals surface area contributed by atoms with Crippen LogP contribution < -0.4 is 14.2 Å². The van der Waals surface area contributed by atoms with Crippen LogP contribution >= 0.6 is 11.6 Å². The largest absolute Gasteiger partial charge is 0.493 e. The van der Waals surface area contributed by atoms with E-state index in [1.54, 1.807) is 32.4 Å². The fourth-order valence-electron chi connectivity index (χ4n) is 3.53.